The monoisotopic (exact) mass is 683 g/mol. The summed E-state index contributed by atoms with van der Waals surface area (Å²) in [6.45, 7) is 5.78. The van der Waals surface area contributed by atoms with E-state index < -0.39 is 16.1 Å². The first-order chi connectivity index (χ1) is 21.7. The summed E-state index contributed by atoms with van der Waals surface area (Å²) in [6.07, 6.45) is 3.08. The molecule has 0 aliphatic rings. The fourth-order valence-corrected chi connectivity index (χ4v) is 5.27. The highest BCUT2D eigenvalue weighted by Gasteiger charge is 2.22. The average Bonchev–Trinajstić information content (AvgIpc) is 3.40. The molecular weight excluding hydrogens is 655 g/mol. The van der Waals surface area contributed by atoms with Crippen LogP contribution in [0.3, 0.4) is 0 Å². The van der Waals surface area contributed by atoms with Crippen LogP contribution in [0.2, 0.25) is 10.0 Å². The molecule has 5 aromatic rings. The molecule has 0 unspecified atom stereocenters. The van der Waals surface area contributed by atoms with Crippen LogP contribution in [0, 0.1) is 6.92 Å². The molecule has 4 N–H and O–H groups in total. The van der Waals surface area contributed by atoms with Crippen LogP contribution in [0.15, 0.2) is 78.1 Å². The first-order valence-electron chi connectivity index (χ1n) is 13.6. The Kier molecular flexibility index (Phi) is 10.5. The number of hydrogen-bond acceptors (Lipinski definition) is 9. The number of urea groups is 1. The molecule has 15 heteroatoms. The predicted octanol–water partition coefficient (Wildman–Crippen LogP) is 6.68. The van der Waals surface area contributed by atoms with E-state index in [0.717, 1.165) is 5.56 Å². The van der Waals surface area contributed by atoms with E-state index >= 15 is 0 Å². The summed E-state index contributed by atoms with van der Waals surface area (Å²) in [7, 11) is -2.81. The number of nitrogens with two attached hydrogens (primary N) is 1. The van der Waals surface area contributed by atoms with Gasteiger partial charge in [-0.2, -0.15) is 0 Å². The van der Waals surface area contributed by atoms with E-state index in [1.54, 1.807) is 42.6 Å². The number of amides is 2. The number of hydrogen-bond donors (Lipinski definition) is 3. The molecule has 0 saturated heterocycles. The molecule has 0 aliphatic carbocycles. The molecule has 46 heavy (non-hydrogen) atoms. The topological polar surface area (TPSA) is 181 Å². The minimum absolute atomic E-state index is 0.0461. The summed E-state index contributed by atoms with van der Waals surface area (Å²) in [5, 5.41) is 6.55. The smallest absolute Gasteiger partial charge is 0.323 e. The second-order valence-electron chi connectivity index (χ2n) is 10.2. The van der Waals surface area contributed by atoms with Crippen LogP contribution in [0.5, 0.6) is 5.75 Å². The maximum absolute atomic E-state index is 13.5. The zero-order valence-electron chi connectivity index (χ0n) is 25.0. The van der Waals surface area contributed by atoms with Gasteiger partial charge in [-0.15, -0.1) is 0 Å². The summed E-state index contributed by atoms with van der Waals surface area (Å²) in [5.74, 6) is 0.276. The Balaban J connectivity index is 0.000000369. The minimum atomic E-state index is -4.27. The maximum atomic E-state index is 13.5. The van der Waals surface area contributed by atoms with E-state index in [9.17, 15) is 22.6 Å². The highest BCUT2D eigenvalue weighted by Crippen LogP contribution is 2.32. The van der Waals surface area contributed by atoms with Gasteiger partial charge in [0, 0.05) is 22.8 Å². The molecule has 2 aromatic heterocycles. The lowest BCUT2D eigenvalue weighted by Crippen LogP contribution is -2.20. The fourth-order valence-electron chi connectivity index (χ4n) is 4.35. The van der Waals surface area contributed by atoms with Gasteiger partial charge in [0.05, 0.1) is 39.4 Å². The van der Waals surface area contributed by atoms with Crippen LogP contribution in [-0.4, -0.2) is 46.4 Å². The molecule has 0 saturated carbocycles. The van der Waals surface area contributed by atoms with Gasteiger partial charge in [0.1, 0.15) is 33.7 Å². The van der Waals surface area contributed by atoms with Gasteiger partial charge in [-0.25, -0.2) is 23.2 Å². The third kappa shape index (κ3) is 7.93. The molecule has 0 spiro atoms. The van der Waals surface area contributed by atoms with E-state index in [4.69, 9.17) is 33.7 Å². The van der Waals surface area contributed by atoms with Gasteiger partial charge in [-0.3, -0.25) is 4.79 Å². The van der Waals surface area contributed by atoms with Gasteiger partial charge in [0.25, 0.3) is 0 Å². The Morgan fingerprint density at radius 2 is 1.65 bits per heavy atom. The molecule has 0 bridgehead atoms. The van der Waals surface area contributed by atoms with E-state index in [1.165, 1.54) is 37.7 Å². The molecule has 5 rings (SSSR count). The lowest BCUT2D eigenvalue weighted by Gasteiger charge is -2.13. The van der Waals surface area contributed by atoms with E-state index in [1.807, 2.05) is 25.3 Å². The van der Waals surface area contributed by atoms with Crippen LogP contribution in [0.25, 0.3) is 11.0 Å². The van der Waals surface area contributed by atoms with Crippen molar-refractivity contribution in [3.8, 4) is 5.75 Å². The lowest BCUT2D eigenvalue weighted by atomic mass is 10.0. The van der Waals surface area contributed by atoms with Gasteiger partial charge in [0.2, 0.25) is 0 Å². The van der Waals surface area contributed by atoms with Crippen molar-refractivity contribution in [1.29, 1.82) is 0 Å². The largest absolute Gasteiger partial charge is 0.744 e. The van der Waals surface area contributed by atoms with Crippen LogP contribution in [0.1, 0.15) is 41.4 Å². The Hall–Kier alpha value is -4.69. The van der Waals surface area contributed by atoms with Crippen molar-refractivity contribution in [2.24, 2.45) is 0 Å². The predicted molar refractivity (Wildman–Crippen MR) is 177 cm³/mol. The highest BCUT2D eigenvalue weighted by atomic mass is 35.5. The number of halogens is 2. The quantitative estimate of drug-likeness (QED) is 0.124. The van der Waals surface area contributed by atoms with Crippen LogP contribution >= 0.6 is 23.2 Å². The van der Waals surface area contributed by atoms with Gasteiger partial charge < -0.3 is 30.2 Å². The third-order valence-corrected chi connectivity index (χ3v) is 8.04. The number of aromatic nitrogens is 3. The van der Waals surface area contributed by atoms with Crippen molar-refractivity contribution in [1.82, 2.24) is 14.5 Å². The lowest BCUT2D eigenvalue weighted by molar-refractivity contribution is 0.104. The number of fused-ring (bicyclic) bond motifs is 1. The van der Waals surface area contributed by atoms with Crippen molar-refractivity contribution < 1.29 is 27.3 Å². The molecule has 12 nitrogen and oxygen atoms in total. The summed E-state index contributed by atoms with van der Waals surface area (Å²) in [5.41, 5.74) is 8.94. The normalized spacial score (nSPS) is 11.1. The van der Waals surface area contributed by atoms with Crippen molar-refractivity contribution in [2.75, 3.05) is 23.5 Å². The van der Waals surface area contributed by atoms with Crippen LogP contribution in [0.4, 0.5) is 22.0 Å². The van der Waals surface area contributed by atoms with Crippen LogP contribution in [-0.2, 0) is 10.1 Å². The SMILES string of the molecule is COc1ccc(C(=O)c2cn(C(C)C)c3ncnc(N)c23)cc1NC(=O)Nc1ccc(Cl)cc1Cl.Cc1ccc(S(=O)(=O)[O-])cc1. The third-order valence-electron chi connectivity index (χ3n) is 6.64. The number of nitrogens with zero attached hydrogens (tertiary/aromatic N) is 3. The molecule has 2 heterocycles. The van der Waals surface area contributed by atoms with Crippen LogP contribution < -0.4 is 21.1 Å². The molecule has 2 amide bonds. The number of rotatable bonds is 7. The van der Waals surface area contributed by atoms with Crippen molar-refractivity contribution >= 4 is 73.4 Å². The number of benzene rings is 3. The number of ketones is 1. The zero-order valence-corrected chi connectivity index (χ0v) is 27.4. The maximum Gasteiger partial charge on any atom is 0.323 e. The highest BCUT2D eigenvalue weighted by molar-refractivity contribution is 7.85. The standard InChI is InChI=1S/C24H22Cl2N6O3.C7H8O3S/c1-12(2)32-10-15(20-22(27)28-11-29-23(20)32)21(33)13-4-7-19(35-3)18(8-13)31-24(34)30-17-6-5-14(25)9-16(17)26;1-6-2-4-7(5-3-6)11(8,9)10/h4-12H,1-3H3,(H2,27,28,29)(H2,30,31,34);2-5H,1H3,(H,8,9,10)/p-1. The van der Waals surface area contributed by atoms with Gasteiger partial charge in [0.15, 0.2) is 5.78 Å². The van der Waals surface area contributed by atoms with Crippen molar-refractivity contribution in [3.05, 3.63) is 99.9 Å². The number of nitrogen functional groups attached to an aromatic ring is 1. The molecule has 0 atom stereocenters. The van der Waals surface area contributed by atoms with Crippen molar-refractivity contribution in [3.63, 3.8) is 0 Å². The van der Waals surface area contributed by atoms with Gasteiger partial charge in [-0.05, 0) is 69.3 Å². The number of aryl methyl sites for hydroxylation is 1. The molecule has 240 valence electrons. The number of carbonyl (C=O) groups is 2. The number of ether oxygens (including phenoxy) is 1. The number of anilines is 3. The van der Waals surface area contributed by atoms with E-state index in [-0.39, 0.29) is 33.2 Å². The Morgan fingerprint density at radius 1 is 0.978 bits per heavy atom. The first-order valence-corrected chi connectivity index (χ1v) is 15.7. The Bertz CT molecular complexity index is 2030. The Labute approximate surface area is 275 Å². The molecule has 0 radical (unpaired) electrons. The average molecular weight is 685 g/mol. The van der Waals surface area contributed by atoms with Gasteiger partial charge in [-0.1, -0.05) is 40.9 Å². The summed E-state index contributed by atoms with van der Waals surface area (Å²) in [6, 6.07) is 14.7. The fraction of sp³-hybridized carbons (Fsp3) is 0.161. The second kappa shape index (κ2) is 14.2. The second-order valence-corrected chi connectivity index (χ2v) is 12.4. The summed E-state index contributed by atoms with van der Waals surface area (Å²) in [4.78, 5) is 34.4. The minimum Gasteiger partial charge on any atom is -0.744 e. The van der Waals surface area contributed by atoms with E-state index in [2.05, 4.69) is 20.6 Å². The van der Waals surface area contributed by atoms with E-state index in [0.29, 0.717) is 38.6 Å². The number of methoxy groups -OCH3 is 1. The zero-order chi connectivity index (χ0) is 33.8. The Morgan fingerprint density at radius 3 is 2.26 bits per heavy atom. The summed E-state index contributed by atoms with van der Waals surface area (Å²) < 4.78 is 38.4. The molecule has 0 fully saturated rings. The number of carbonyl (C=O) groups excluding carboxylic acids is 2. The molecule has 3 aromatic carbocycles. The van der Waals surface area contributed by atoms with Gasteiger partial charge >= 0.3 is 6.03 Å². The number of nitrogens with one attached hydrogen (secondary N) is 2. The summed E-state index contributed by atoms with van der Waals surface area (Å²) >= 11 is 12.0. The molecular formula is C31H29Cl2N6O6S-. The first kappa shape index (κ1) is 34.2. The van der Waals surface area contributed by atoms with Crippen molar-refractivity contribution in [2.45, 2.75) is 31.7 Å². The molecule has 0 aliphatic heterocycles.